The maximum atomic E-state index is 13.4. The van der Waals surface area contributed by atoms with Gasteiger partial charge in [0.25, 0.3) is 11.7 Å². The SMILES string of the molecule is COc1cccc(C2/C(=C(/O)c3ccc4c(c3)N(C)CCO4)C(=O)C(=O)N2C2CCCCC2)c1. The van der Waals surface area contributed by atoms with E-state index < -0.39 is 17.7 Å². The Hall–Kier alpha value is -3.48. The fraction of sp³-hybridized carbons (Fsp3) is 0.407. The van der Waals surface area contributed by atoms with Gasteiger partial charge in [0.1, 0.15) is 23.9 Å². The molecule has 7 nitrogen and oxygen atoms in total. The largest absolute Gasteiger partial charge is 0.507 e. The van der Waals surface area contributed by atoms with Crippen molar-refractivity contribution < 1.29 is 24.2 Å². The van der Waals surface area contributed by atoms with Crippen molar-refractivity contribution in [3.8, 4) is 11.5 Å². The minimum Gasteiger partial charge on any atom is -0.507 e. The molecule has 1 N–H and O–H groups in total. The molecule has 0 spiro atoms. The molecular formula is C27H30N2O5. The first kappa shape index (κ1) is 22.3. The van der Waals surface area contributed by atoms with Gasteiger partial charge in [0.2, 0.25) is 0 Å². The van der Waals surface area contributed by atoms with Gasteiger partial charge in [-0.2, -0.15) is 0 Å². The molecule has 1 amide bonds. The van der Waals surface area contributed by atoms with Crippen molar-refractivity contribution in [1.29, 1.82) is 0 Å². The van der Waals surface area contributed by atoms with E-state index in [1.54, 1.807) is 24.1 Å². The second-order valence-corrected chi connectivity index (χ2v) is 9.23. The molecule has 34 heavy (non-hydrogen) atoms. The van der Waals surface area contributed by atoms with Gasteiger partial charge in [0.15, 0.2) is 0 Å². The fourth-order valence-corrected chi connectivity index (χ4v) is 5.38. The summed E-state index contributed by atoms with van der Waals surface area (Å²) in [6.07, 6.45) is 4.89. The summed E-state index contributed by atoms with van der Waals surface area (Å²) >= 11 is 0. The van der Waals surface area contributed by atoms with Gasteiger partial charge in [-0.3, -0.25) is 9.59 Å². The van der Waals surface area contributed by atoms with E-state index >= 15 is 0 Å². The van der Waals surface area contributed by atoms with Gasteiger partial charge >= 0.3 is 0 Å². The van der Waals surface area contributed by atoms with E-state index in [-0.39, 0.29) is 17.4 Å². The Morgan fingerprint density at radius 3 is 2.65 bits per heavy atom. The van der Waals surface area contributed by atoms with Crippen molar-refractivity contribution in [2.45, 2.75) is 44.2 Å². The predicted octanol–water partition coefficient (Wildman–Crippen LogP) is 4.28. The topological polar surface area (TPSA) is 79.3 Å². The molecule has 1 saturated carbocycles. The highest BCUT2D eigenvalue weighted by atomic mass is 16.5. The normalized spacial score (nSPS) is 22.5. The molecule has 0 bridgehead atoms. The van der Waals surface area contributed by atoms with Crippen LogP contribution in [-0.4, -0.2) is 55.0 Å². The van der Waals surface area contributed by atoms with Gasteiger partial charge in [-0.05, 0) is 48.7 Å². The molecule has 1 unspecified atom stereocenters. The van der Waals surface area contributed by atoms with Crippen LogP contribution in [0.1, 0.15) is 49.3 Å². The second-order valence-electron chi connectivity index (χ2n) is 9.23. The zero-order valence-corrected chi connectivity index (χ0v) is 19.6. The number of rotatable bonds is 4. The number of fused-ring (bicyclic) bond motifs is 1. The lowest BCUT2D eigenvalue weighted by Gasteiger charge is -2.35. The third-order valence-corrected chi connectivity index (χ3v) is 7.19. The number of carbonyl (C=O) groups is 2. The number of ether oxygens (including phenoxy) is 2. The van der Waals surface area contributed by atoms with Crippen molar-refractivity contribution >= 4 is 23.1 Å². The van der Waals surface area contributed by atoms with Crippen LogP contribution >= 0.6 is 0 Å². The van der Waals surface area contributed by atoms with Crippen LogP contribution in [0, 0.1) is 0 Å². The number of aliphatic hydroxyl groups excluding tert-OH is 1. The predicted molar refractivity (Wildman–Crippen MR) is 129 cm³/mol. The third-order valence-electron chi connectivity index (χ3n) is 7.19. The number of likely N-dealkylation sites (tertiary alicyclic amines) is 1. The lowest BCUT2D eigenvalue weighted by atomic mass is 9.91. The highest BCUT2D eigenvalue weighted by Crippen LogP contribution is 2.44. The molecule has 2 aromatic rings. The number of likely N-dealkylation sites (N-methyl/N-ethyl adjacent to an activating group) is 1. The molecule has 3 aliphatic rings. The molecule has 1 atom stereocenters. The van der Waals surface area contributed by atoms with E-state index in [1.165, 1.54) is 0 Å². The number of methoxy groups -OCH3 is 1. The number of hydrogen-bond donors (Lipinski definition) is 1. The molecule has 1 aliphatic carbocycles. The van der Waals surface area contributed by atoms with Gasteiger partial charge in [-0.15, -0.1) is 0 Å². The zero-order chi connectivity index (χ0) is 23.8. The first-order valence-corrected chi connectivity index (χ1v) is 11.9. The fourth-order valence-electron chi connectivity index (χ4n) is 5.38. The lowest BCUT2D eigenvalue weighted by Crippen LogP contribution is -2.40. The van der Waals surface area contributed by atoms with Crippen LogP contribution in [0.2, 0.25) is 0 Å². The summed E-state index contributed by atoms with van der Waals surface area (Å²) in [5, 5.41) is 11.5. The number of anilines is 1. The molecule has 0 aromatic heterocycles. The maximum absolute atomic E-state index is 13.4. The van der Waals surface area contributed by atoms with Crippen molar-refractivity contribution in [2.24, 2.45) is 0 Å². The van der Waals surface area contributed by atoms with Crippen molar-refractivity contribution in [3.63, 3.8) is 0 Å². The average molecular weight is 463 g/mol. The van der Waals surface area contributed by atoms with Crippen LogP contribution in [0.25, 0.3) is 5.76 Å². The van der Waals surface area contributed by atoms with Crippen molar-refractivity contribution in [1.82, 2.24) is 4.90 Å². The maximum Gasteiger partial charge on any atom is 0.295 e. The smallest absolute Gasteiger partial charge is 0.295 e. The molecule has 7 heteroatoms. The average Bonchev–Trinajstić information content (AvgIpc) is 3.14. The minimum atomic E-state index is -0.664. The van der Waals surface area contributed by atoms with E-state index in [2.05, 4.69) is 4.90 Å². The first-order chi connectivity index (χ1) is 16.5. The summed E-state index contributed by atoms with van der Waals surface area (Å²) in [6, 6.07) is 12.1. The van der Waals surface area contributed by atoms with Crippen LogP contribution in [0.3, 0.4) is 0 Å². The summed E-state index contributed by atoms with van der Waals surface area (Å²) in [5.41, 5.74) is 2.22. The Kier molecular flexibility index (Phi) is 5.94. The number of hydrogen-bond acceptors (Lipinski definition) is 6. The molecule has 178 valence electrons. The van der Waals surface area contributed by atoms with Crippen LogP contribution in [0.5, 0.6) is 11.5 Å². The number of carbonyl (C=O) groups excluding carboxylic acids is 2. The lowest BCUT2D eigenvalue weighted by molar-refractivity contribution is -0.141. The van der Waals surface area contributed by atoms with E-state index in [1.807, 2.05) is 37.4 Å². The van der Waals surface area contributed by atoms with E-state index in [4.69, 9.17) is 9.47 Å². The first-order valence-electron chi connectivity index (χ1n) is 11.9. The van der Waals surface area contributed by atoms with Crippen LogP contribution in [0.4, 0.5) is 5.69 Å². The van der Waals surface area contributed by atoms with Crippen LogP contribution in [-0.2, 0) is 9.59 Å². The van der Waals surface area contributed by atoms with Gasteiger partial charge in [0, 0.05) is 18.7 Å². The highest BCUT2D eigenvalue weighted by molar-refractivity contribution is 6.46. The Morgan fingerprint density at radius 1 is 1.09 bits per heavy atom. The zero-order valence-electron chi connectivity index (χ0n) is 19.6. The van der Waals surface area contributed by atoms with E-state index in [0.717, 1.165) is 55.6 Å². The van der Waals surface area contributed by atoms with Gasteiger partial charge in [0.05, 0.1) is 31.0 Å². The molecular weight excluding hydrogens is 432 g/mol. The number of Topliss-reactive ketones (excluding diaryl/α,β-unsaturated/α-hetero) is 1. The molecule has 2 aromatic carbocycles. The summed E-state index contributed by atoms with van der Waals surface area (Å²) in [6.45, 7) is 1.32. The van der Waals surface area contributed by atoms with Crippen LogP contribution < -0.4 is 14.4 Å². The third kappa shape index (κ3) is 3.79. The monoisotopic (exact) mass is 462 g/mol. The summed E-state index contributed by atoms with van der Waals surface area (Å²) in [4.78, 5) is 30.5. The molecule has 0 radical (unpaired) electrons. The Bertz CT molecular complexity index is 1150. The Morgan fingerprint density at radius 2 is 1.88 bits per heavy atom. The van der Waals surface area contributed by atoms with E-state index in [0.29, 0.717) is 17.9 Å². The standard InChI is InChI=1S/C27H30N2O5/c1-28-13-14-34-22-12-11-18(16-21(22)28)25(30)23-24(17-7-6-10-20(15-17)33-2)29(27(32)26(23)31)19-8-4-3-5-9-19/h6-7,10-12,15-16,19,24,30H,3-5,8-9,13-14H2,1-2H3/b25-23-. The second kappa shape index (κ2) is 9.05. The summed E-state index contributed by atoms with van der Waals surface area (Å²) in [7, 11) is 3.55. The molecule has 2 aliphatic heterocycles. The van der Waals surface area contributed by atoms with Crippen molar-refractivity contribution in [2.75, 3.05) is 32.2 Å². The van der Waals surface area contributed by atoms with E-state index in [9.17, 15) is 14.7 Å². The number of aliphatic hydroxyl groups is 1. The quantitative estimate of drug-likeness (QED) is 0.415. The number of benzene rings is 2. The summed E-state index contributed by atoms with van der Waals surface area (Å²) in [5.74, 6) is 0.0285. The number of amides is 1. The minimum absolute atomic E-state index is 0.0326. The van der Waals surface area contributed by atoms with Gasteiger partial charge in [-0.25, -0.2) is 0 Å². The number of nitrogens with zero attached hydrogens (tertiary/aromatic N) is 2. The van der Waals surface area contributed by atoms with Gasteiger partial charge in [-0.1, -0.05) is 31.4 Å². The Labute approximate surface area is 199 Å². The number of ketones is 1. The Balaban J connectivity index is 1.65. The highest BCUT2D eigenvalue weighted by Gasteiger charge is 2.49. The molecule has 2 heterocycles. The molecule has 2 fully saturated rings. The summed E-state index contributed by atoms with van der Waals surface area (Å²) < 4.78 is 11.1. The molecule has 5 rings (SSSR count). The molecule has 1 saturated heterocycles. The van der Waals surface area contributed by atoms with Gasteiger partial charge < -0.3 is 24.4 Å². The van der Waals surface area contributed by atoms with Crippen LogP contribution in [0.15, 0.2) is 48.0 Å². The van der Waals surface area contributed by atoms with Crippen molar-refractivity contribution in [3.05, 3.63) is 59.2 Å².